The molecule has 0 aliphatic heterocycles. The third-order valence-electron chi connectivity index (χ3n) is 5.10. The standard InChI is InChI=1S/C18H23N5O2/c1-4-11-7-20-14(8-19-11)23-16-12-5-10(12)6-13(16)15(22-23)17(25)21-18(2,3)9-24/h7-8,10,12,24H,4-6,9H2,1-3H3,(H,21,25)/t10-,12-/m1/s1. The Morgan fingerprint density at radius 2 is 2.20 bits per heavy atom. The Morgan fingerprint density at radius 3 is 2.84 bits per heavy atom. The summed E-state index contributed by atoms with van der Waals surface area (Å²) in [6.45, 7) is 5.48. The fourth-order valence-electron chi connectivity index (χ4n) is 3.52. The van der Waals surface area contributed by atoms with Crippen LogP contribution >= 0.6 is 0 Å². The smallest absolute Gasteiger partial charge is 0.272 e. The average molecular weight is 341 g/mol. The van der Waals surface area contributed by atoms with Gasteiger partial charge >= 0.3 is 0 Å². The molecule has 132 valence electrons. The van der Waals surface area contributed by atoms with E-state index >= 15 is 0 Å². The number of carbonyl (C=O) groups excluding carboxylic acids is 1. The van der Waals surface area contributed by atoms with E-state index in [0.717, 1.165) is 36.2 Å². The van der Waals surface area contributed by atoms with E-state index in [2.05, 4.69) is 20.4 Å². The number of aliphatic hydroxyl groups is 1. The van der Waals surface area contributed by atoms with Crippen LogP contribution in [-0.4, -0.2) is 42.9 Å². The number of rotatable bonds is 5. The van der Waals surface area contributed by atoms with Gasteiger partial charge in [0.15, 0.2) is 11.5 Å². The van der Waals surface area contributed by atoms with E-state index in [1.54, 1.807) is 30.9 Å². The van der Waals surface area contributed by atoms with Gasteiger partial charge in [-0.1, -0.05) is 6.92 Å². The van der Waals surface area contributed by atoms with Crippen LogP contribution in [0.4, 0.5) is 0 Å². The summed E-state index contributed by atoms with van der Waals surface area (Å²) < 4.78 is 1.79. The number of hydrogen-bond acceptors (Lipinski definition) is 5. The van der Waals surface area contributed by atoms with Crippen LogP contribution in [0.3, 0.4) is 0 Å². The Labute approximate surface area is 146 Å². The SMILES string of the molecule is CCc1cnc(-n2nc(C(=O)NC(C)(C)CO)c3c2[C@@H]2C[C@@H]2C3)cn1. The highest BCUT2D eigenvalue weighted by atomic mass is 16.3. The van der Waals surface area contributed by atoms with Crippen LogP contribution in [0.25, 0.3) is 5.82 Å². The van der Waals surface area contributed by atoms with Crippen LogP contribution < -0.4 is 5.32 Å². The molecular weight excluding hydrogens is 318 g/mol. The molecule has 0 aromatic carbocycles. The average Bonchev–Trinajstić information content (AvgIpc) is 3.10. The Kier molecular flexibility index (Phi) is 3.64. The summed E-state index contributed by atoms with van der Waals surface area (Å²) in [6, 6.07) is 0. The van der Waals surface area contributed by atoms with Gasteiger partial charge in [0, 0.05) is 11.5 Å². The molecule has 0 saturated heterocycles. The summed E-state index contributed by atoms with van der Waals surface area (Å²) in [5.41, 5.74) is 2.83. The van der Waals surface area contributed by atoms with Crippen LogP contribution in [0.15, 0.2) is 12.4 Å². The van der Waals surface area contributed by atoms with E-state index < -0.39 is 5.54 Å². The third kappa shape index (κ3) is 2.72. The molecule has 2 aromatic heterocycles. The summed E-state index contributed by atoms with van der Waals surface area (Å²) in [6.07, 6.45) is 6.36. The number of amides is 1. The van der Waals surface area contributed by atoms with E-state index in [1.807, 2.05) is 6.92 Å². The Hall–Kier alpha value is -2.28. The van der Waals surface area contributed by atoms with Crippen molar-refractivity contribution in [2.45, 2.75) is 51.5 Å². The van der Waals surface area contributed by atoms with Crippen molar-refractivity contribution in [1.29, 1.82) is 0 Å². The minimum Gasteiger partial charge on any atom is -0.394 e. The molecule has 0 spiro atoms. The molecule has 2 aliphatic carbocycles. The first-order valence-electron chi connectivity index (χ1n) is 8.80. The molecule has 1 saturated carbocycles. The van der Waals surface area contributed by atoms with Gasteiger partial charge in [0.05, 0.1) is 35.9 Å². The number of hydrogen-bond donors (Lipinski definition) is 2. The molecule has 2 N–H and O–H groups in total. The summed E-state index contributed by atoms with van der Waals surface area (Å²) >= 11 is 0. The highest BCUT2D eigenvalue weighted by Crippen LogP contribution is 2.57. The lowest BCUT2D eigenvalue weighted by molar-refractivity contribution is 0.0863. The van der Waals surface area contributed by atoms with Crippen LogP contribution in [0.2, 0.25) is 0 Å². The lowest BCUT2D eigenvalue weighted by Crippen LogP contribution is -2.46. The maximum Gasteiger partial charge on any atom is 0.272 e. The monoisotopic (exact) mass is 341 g/mol. The number of nitrogens with one attached hydrogen (secondary N) is 1. The molecule has 2 heterocycles. The second-order valence-electron chi connectivity index (χ2n) is 7.65. The largest absolute Gasteiger partial charge is 0.394 e. The molecule has 7 nitrogen and oxygen atoms in total. The molecule has 4 rings (SSSR count). The highest BCUT2D eigenvalue weighted by Gasteiger charge is 2.50. The zero-order valence-corrected chi connectivity index (χ0v) is 14.8. The first kappa shape index (κ1) is 16.2. The van der Waals surface area contributed by atoms with Gasteiger partial charge in [-0.3, -0.25) is 9.78 Å². The molecule has 2 atom stereocenters. The van der Waals surface area contributed by atoms with Crippen molar-refractivity contribution < 1.29 is 9.90 Å². The van der Waals surface area contributed by atoms with Crippen LogP contribution in [0.5, 0.6) is 0 Å². The number of fused-ring (bicyclic) bond motifs is 3. The van der Waals surface area contributed by atoms with Crippen molar-refractivity contribution in [3.8, 4) is 5.82 Å². The first-order chi connectivity index (χ1) is 11.9. The zero-order chi connectivity index (χ0) is 17.8. The van der Waals surface area contributed by atoms with Gasteiger partial charge in [0.2, 0.25) is 0 Å². The lowest BCUT2D eigenvalue weighted by atomic mass is 10.1. The maximum atomic E-state index is 12.7. The summed E-state index contributed by atoms with van der Waals surface area (Å²) in [5.74, 6) is 1.51. The quantitative estimate of drug-likeness (QED) is 0.857. The van der Waals surface area contributed by atoms with Crippen molar-refractivity contribution >= 4 is 5.91 Å². The van der Waals surface area contributed by atoms with Crippen LogP contribution in [0, 0.1) is 5.92 Å². The molecule has 2 aliphatic rings. The van der Waals surface area contributed by atoms with Crippen molar-refractivity contribution in [1.82, 2.24) is 25.1 Å². The van der Waals surface area contributed by atoms with Gasteiger partial charge in [0.1, 0.15) is 0 Å². The van der Waals surface area contributed by atoms with Crippen LogP contribution in [0.1, 0.15) is 60.5 Å². The van der Waals surface area contributed by atoms with Gasteiger partial charge in [-0.2, -0.15) is 5.10 Å². The maximum absolute atomic E-state index is 12.7. The predicted octanol–water partition coefficient (Wildman–Crippen LogP) is 1.39. The second kappa shape index (κ2) is 5.62. The minimum atomic E-state index is -0.683. The molecular formula is C18H23N5O2. The zero-order valence-electron chi connectivity index (χ0n) is 14.8. The molecule has 2 aromatic rings. The highest BCUT2D eigenvalue weighted by molar-refractivity contribution is 5.95. The van der Waals surface area contributed by atoms with Gasteiger partial charge in [-0.05, 0) is 39.0 Å². The Morgan fingerprint density at radius 1 is 1.40 bits per heavy atom. The molecule has 25 heavy (non-hydrogen) atoms. The summed E-state index contributed by atoms with van der Waals surface area (Å²) in [4.78, 5) is 21.6. The van der Waals surface area contributed by atoms with E-state index in [4.69, 9.17) is 0 Å². The van der Waals surface area contributed by atoms with E-state index in [1.165, 1.54) is 0 Å². The van der Waals surface area contributed by atoms with Gasteiger partial charge in [-0.25, -0.2) is 9.67 Å². The summed E-state index contributed by atoms with van der Waals surface area (Å²) in [5, 5.41) is 16.8. The van der Waals surface area contributed by atoms with E-state index in [9.17, 15) is 9.90 Å². The number of aliphatic hydroxyl groups excluding tert-OH is 1. The van der Waals surface area contributed by atoms with Gasteiger partial charge in [-0.15, -0.1) is 0 Å². The molecule has 1 amide bonds. The van der Waals surface area contributed by atoms with Crippen molar-refractivity contribution in [2.75, 3.05) is 6.61 Å². The molecule has 0 radical (unpaired) electrons. The number of nitrogens with zero attached hydrogens (tertiary/aromatic N) is 4. The van der Waals surface area contributed by atoms with Crippen LogP contribution in [-0.2, 0) is 12.8 Å². The number of aryl methyl sites for hydroxylation is 1. The lowest BCUT2D eigenvalue weighted by Gasteiger charge is -2.23. The summed E-state index contributed by atoms with van der Waals surface area (Å²) in [7, 11) is 0. The van der Waals surface area contributed by atoms with Gasteiger partial charge < -0.3 is 10.4 Å². The molecule has 0 bridgehead atoms. The molecule has 1 fully saturated rings. The first-order valence-corrected chi connectivity index (χ1v) is 8.80. The fraction of sp³-hybridized carbons (Fsp3) is 0.556. The van der Waals surface area contributed by atoms with E-state index in [-0.39, 0.29) is 12.5 Å². The van der Waals surface area contributed by atoms with Gasteiger partial charge in [0.25, 0.3) is 5.91 Å². The Balaban J connectivity index is 1.73. The normalized spacial score (nSPS) is 21.0. The Bertz CT molecular complexity index is 825. The van der Waals surface area contributed by atoms with Crippen molar-refractivity contribution in [3.63, 3.8) is 0 Å². The van der Waals surface area contributed by atoms with Crippen molar-refractivity contribution in [3.05, 3.63) is 35.0 Å². The predicted molar refractivity (Wildman–Crippen MR) is 91.7 cm³/mol. The van der Waals surface area contributed by atoms with E-state index in [0.29, 0.717) is 23.3 Å². The molecule has 7 heteroatoms. The second-order valence-corrected chi connectivity index (χ2v) is 7.65. The fourth-order valence-corrected chi connectivity index (χ4v) is 3.52. The topological polar surface area (TPSA) is 92.9 Å². The van der Waals surface area contributed by atoms with Crippen molar-refractivity contribution in [2.24, 2.45) is 5.92 Å². The number of aromatic nitrogens is 4. The minimum absolute atomic E-state index is 0.128. The molecule has 0 unspecified atom stereocenters. The third-order valence-corrected chi connectivity index (χ3v) is 5.10. The number of carbonyl (C=O) groups is 1.